The van der Waals surface area contributed by atoms with Crippen molar-refractivity contribution in [3.8, 4) is 5.75 Å². The smallest absolute Gasteiger partial charge is 0.223 e. The zero-order valence-corrected chi connectivity index (χ0v) is 15.5. The number of nitrogens with zero attached hydrogens (tertiary/aromatic N) is 1. The molecule has 2 aliphatic rings. The quantitative estimate of drug-likeness (QED) is 0.795. The van der Waals surface area contributed by atoms with Gasteiger partial charge in [0.1, 0.15) is 5.75 Å². The molecule has 1 heterocycles. The SMILES string of the molecule is COc1ccc(C(CNC(=O)C2CCCCCC2)N2CCCC2)cc1. The van der Waals surface area contributed by atoms with Gasteiger partial charge in [0.15, 0.2) is 0 Å². The molecule has 25 heavy (non-hydrogen) atoms. The number of amides is 1. The van der Waals surface area contributed by atoms with Crippen molar-refractivity contribution in [2.75, 3.05) is 26.7 Å². The summed E-state index contributed by atoms with van der Waals surface area (Å²) in [6.07, 6.45) is 9.59. The number of carbonyl (C=O) groups excluding carboxylic acids is 1. The lowest BCUT2D eigenvalue weighted by Crippen LogP contribution is -2.39. The predicted molar refractivity (Wildman–Crippen MR) is 101 cm³/mol. The molecule has 4 heteroatoms. The molecule has 1 amide bonds. The molecular formula is C21H32N2O2. The first-order valence-electron chi connectivity index (χ1n) is 9.93. The van der Waals surface area contributed by atoms with Crippen molar-refractivity contribution in [2.24, 2.45) is 5.92 Å². The van der Waals surface area contributed by atoms with Crippen LogP contribution in [0.2, 0.25) is 0 Å². The normalized spacial score (nSPS) is 20.8. The van der Waals surface area contributed by atoms with Crippen LogP contribution in [0.4, 0.5) is 0 Å². The highest BCUT2D eigenvalue weighted by atomic mass is 16.5. The molecule has 2 fully saturated rings. The number of hydrogen-bond donors (Lipinski definition) is 1. The van der Waals surface area contributed by atoms with Gasteiger partial charge < -0.3 is 10.1 Å². The Kier molecular flexibility index (Phi) is 6.74. The van der Waals surface area contributed by atoms with E-state index in [-0.39, 0.29) is 17.9 Å². The highest BCUT2D eigenvalue weighted by Gasteiger charge is 2.26. The Balaban J connectivity index is 1.63. The van der Waals surface area contributed by atoms with Crippen LogP contribution in [0.3, 0.4) is 0 Å². The molecule has 1 aliphatic heterocycles. The Morgan fingerprint density at radius 2 is 1.72 bits per heavy atom. The second kappa shape index (κ2) is 9.23. The molecule has 3 rings (SSSR count). The predicted octanol–water partition coefficient (Wildman–Crippen LogP) is 3.92. The van der Waals surface area contributed by atoms with E-state index in [4.69, 9.17) is 4.74 Å². The largest absolute Gasteiger partial charge is 0.497 e. The van der Waals surface area contributed by atoms with Gasteiger partial charge in [-0.2, -0.15) is 0 Å². The van der Waals surface area contributed by atoms with Crippen LogP contribution in [0.1, 0.15) is 63.0 Å². The molecule has 1 N–H and O–H groups in total. The van der Waals surface area contributed by atoms with E-state index >= 15 is 0 Å². The van der Waals surface area contributed by atoms with Crippen molar-refractivity contribution in [3.05, 3.63) is 29.8 Å². The molecule has 0 radical (unpaired) electrons. The highest BCUT2D eigenvalue weighted by Crippen LogP contribution is 2.27. The van der Waals surface area contributed by atoms with Gasteiger partial charge in [0.05, 0.1) is 13.2 Å². The number of benzene rings is 1. The summed E-state index contributed by atoms with van der Waals surface area (Å²) < 4.78 is 5.28. The number of methoxy groups -OCH3 is 1. The molecule has 1 atom stereocenters. The summed E-state index contributed by atoms with van der Waals surface area (Å²) >= 11 is 0. The summed E-state index contributed by atoms with van der Waals surface area (Å²) in [5.41, 5.74) is 1.27. The number of ether oxygens (including phenoxy) is 1. The highest BCUT2D eigenvalue weighted by molar-refractivity contribution is 5.78. The monoisotopic (exact) mass is 344 g/mol. The van der Waals surface area contributed by atoms with E-state index in [1.54, 1.807) is 7.11 Å². The van der Waals surface area contributed by atoms with Gasteiger partial charge in [-0.3, -0.25) is 9.69 Å². The minimum Gasteiger partial charge on any atom is -0.497 e. The second-order valence-corrected chi connectivity index (χ2v) is 7.47. The van der Waals surface area contributed by atoms with E-state index in [0.717, 1.165) is 31.7 Å². The van der Waals surface area contributed by atoms with E-state index in [2.05, 4.69) is 22.3 Å². The van der Waals surface area contributed by atoms with Crippen LogP contribution in [0.15, 0.2) is 24.3 Å². The summed E-state index contributed by atoms with van der Waals surface area (Å²) in [6, 6.07) is 8.58. The molecule has 1 saturated carbocycles. The Labute approximate surface area is 151 Å². The maximum absolute atomic E-state index is 12.7. The Bertz CT molecular complexity index is 529. The first-order valence-corrected chi connectivity index (χ1v) is 9.93. The summed E-state index contributed by atoms with van der Waals surface area (Å²) in [5, 5.41) is 3.27. The number of carbonyl (C=O) groups is 1. The van der Waals surface area contributed by atoms with Gasteiger partial charge in [-0.25, -0.2) is 0 Å². The van der Waals surface area contributed by atoms with Crippen molar-refractivity contribution in [1.29, 1.82) is 0 Å². The van der Waals surface area contributed by atoms with Crippen molar-refractivity contribution >= 4 is 5.91 Å². The fraction of sp³-hybridized carbons (Fsp3) is 0.667. The Morgan fingerprint density at radius 1 is 1.08 bits per heavy atom. The third kappa shape index (κ3) is 4.97. The van der Waals surface area contributed by atoms with Crippen molar-refractivity contribution in [2.45, 2.75) is 57.4 Å². The zero-order chi connectivity index (χ0) is 17.5. The summed E-state index contributed by atoms with van der Waals surface area (Å²) in [7, 11) is 1.69. The summed E-state index contributed by atoms with van der Waals surface area (Å²) in [4.78, 5) is 15.2. The van der Waals surface area contributed by atoms with Crippen LogP contribution in [-0.4, -0.2) is 37.6 Å². The zero-order valence-electron chi connectivity index (χ0n) is 15.5. The fourth-order valence-electron chi connectivity index (χ4n) is 4.22. The Hall–Kier alpha value is -1.55. The van der Waals surface area contributed by atoms with Gasteiger partial charge in [0, 0.05) is 12.5 Å². The summed E-state index contributed by atoms with van der Waals surface area (Å²) in [6.45, 7) is 2.95. The average Bonchev–Trinajstić information content (AvgIpc) is 3.03. The van der Waals surface area contributed by atoms with Gasteiger partial charge >= 0.3 is 0 Å². The van der Waals surface area contributed by atoms with Gasteiger partial charge in [-0.15, -0.1) is 0 Å². The van der Waals surface area contributed by atoms with E-state index in [1.807, 2.05) is 12.1 Å². The van der Waals surface area contributed by atoms with Gasteiger partial charge in [-0.1, -0.05) is 37.8 Å². The van der Waals surface area contributed by atoms with E-state index in [9.17, 15) is 4.79 Å². The first-order chi connectivity index (χ1) is 12.3. The molecule has 0 bridgehead atoms. The maximum atomic E-state index is 12.7. The average molecular weight is 344 g/mol. The maximum Gasteiger partial charge on any atom is 0.223 e. The Morgan fingerprint density at radius 3 is 2.32 bits per heavy atom. The van der Waals surface area contributed by atoms with Crippen LogP contribution in [0.25, 0.3) is 0 Å². The first kappa shape index (κ1) is 18.2. The van der Waals surface area contributed by atoms with E-state index < -0.39 is 0 Å². The molecule has 0 aromatic heterocycles. The standard InChI is InChI=1S/C21H32N2O2/c1-25-19-12-10-17(11-13-19)20(23-14-6-7-15-23)16-22-21(24)18-8-4-2-3-5-9-18/h10-13,18,20H,2-9,14-16H2,1H3,(H,22,24). The lowest BCUT2D eigenvalue weighted by atomic mass is 9.99. The van der Waals surface area contributed by atoms with E-state index in [1.165, 1.54) is 44.1 Å². The minimum atomic E-state index is 0.220. The number of hydrogen-bond acceptors (Lipinski definition) is 3. The molecule has 1 saturated heterocycles. The second-order valence-electron chi connectivity index (χ2n) is 7.47. The molecule has 1 unspecified atom stereocenters. The topological polar surface area (TPSA) is 41.6 Å². The third-order valence-corrected chi connectivity index (χ3v) is 5.78. The number of nitrogens with one attached hydrogen (secondary N) is 1. The fourth-order valence-corrected chi connectivity index (χ4v) is 4.22. The molecule has 138 valence electrons. The molecule has 1 aromatic carbocycles. The molecule has 4 nitrogen and oxygen atoms in total. The van der Waals surface area contributed by atoms with Crippen LogP contribution in [0.5, 0.6) is 5.75 Å². The van der Waals surface area contributed by atoms with Gasteiger partial charge in [0.2, 0.25) is 5.91 Å². The molecule has 1 aliphatic carbocycles. The minimum absolute atomic E-state index is 0.220. The number of rotatable bonds is 6. The van der Waals surface area contributed by atoms with Crippen LogP contribution in [0, 0.1) is 5.92 Å². The van der Waals surface area contributed by atoms with Gasteiger partial charge in [-0.05, 0) is 56.5 Å². The molecule has 1 aromatic rings. The van der Waals surface area contributed by atoms with Crippen molar-refractivity contribution < 1.29 is 9.53 Å². The lowest BCUT2D eigenvalue weighted by molar-refractivity contribution is -0.125. The van der Waals surface area contributed by atoms with Crippen LogP contribution < -0.4 is 10.1 Å². The molecular weight excluding hydrogens is 312 g/mol. The van der Waals surface area contributed by atoms with Crippen LogP contribution in [-0.2, 0) is 4.79 Å². The van der Waals surface area contributed by atoms with Gasteiger partial charge in [0.25, 0.3) is 0 Å². The summed E-state index contributed by atoms with van der Waals surface area (Å²) in [5.74, 6) is 1.36. The lowest BCUT2D eigenvalue weighted by Gasteiger charge is -2.29. The third-order valence-electron chi connectivity index (χ3n) is 5.78. The number of likely N-dealkylation sites (tertiary alicyclic amines) is 1. The van der Waals surface area contributed by atoms with Crippen LogP contribution >= 0.6 is 0 Å². The molecule has 0 spiro atoms. The van der Waals surface area contributed by atoms with Crippen molar-refractivity contribution in [1.82, 2.24) is 10.2 Å². The van der Waals surface area contributed by atoms with E-state index in [0.29, 0.717) is 6.54 Å². The van der Waals surface area contributed by atoms with Crippen molar-refractivity contribution in [3.63, 3.8) is 0 Å².